The Kier molecular flexibility index (Phi) is 24.0. The van der Waals surface area contributed by atoms with E-state index in [-0.39, 0.29) is 95.2 Å². The van der Waals surface area contributed by atoms with E-state index in [0.29, 0.717) is 57.8 Å². The normalized spacial score (nSPS) is 24.4. The van der Waals surface area contributed by atoms with Crippen molar-refractivity contribution in [3.8, 4) is 11.5 Å². The number of amides is 6. The Morgan fingerprint density at radius 1 is 0.792 bits per heavy atom. The number of nitrogens with zero attached hydrogens (tertiary/aromatic N) is 7. The molecule has 5 N–H and O–H groups in total. The van der Waals surface area contributed by atoms with Crippen molar-refractivity contribution in [1.29, 1.82) is 0 Å². The fourth-order valence-electron chi connectivity index (χ4n) is 11.4. The first kappa shape index (κ1) is 74.8. The zero-order chi connectivity index (χ0) is 72.6. The van der Waals surface area contributed by atoms with Crippen LogP contribution >= 0.6 is 26.0 Å². The molecule has 6 amide bonds. The lowest BCUT2D eigenvalue weighted by molar-refractivity contribution is -0.141. The molecule has 3 aromatic heterocycles. The van der Waals surface area contributed by atoms with Crippen molar-refractivity contribution in [2.75, 3.05) is 44.5 Å². The Hall–Kier alpha value is -8.89. The summed E-state index contributed by atoms with van der Waals surface area (Å²) in [6, 6.07) is 17.4. The highest BCUT2D eigenvalue weighted by atomic mass is 32.7. The first-order valence-corrected chi connectivity index (χ1v) is 36.4. The van der Waals surface area contributed by atoms with E-state index in [0.717, 1.165) is 29.5 Å². The minimum absolute atomic E-state index is 0.00279. The number of rotatable bonds is 24. The van der Waals surface area contributed by atoms with Crippen LogP contribution in [0.4, 0.5) is 25.1 Å². The number of unbranched alkanes of at least 4 members (excludes halogenated alkanes) is 2. The number of ether oxygens (including phenoxy) is 5. The number of methoxy groups -OCH3 is 1. The van der Waals surface area contributed by atoms with Gasteiger partial charge in [0.25, 0.3) is 11.5 Å². The second kappa shape index (κ2) is 32.4. The van der Waals surface area contributed by atoms with Gasteiger partial charge in [0.05, 0.1) is 38.6 Å². The van der Waals surface area contributed by atoms with E-state index in [1.54, 1.807) is 64.1 Å². The van der Waals surface area contributed by atoms with Crippen LogP contribution in [0.15, 0.2) is 119 Å². The number of carbonyl (C=O) groups is 7. The second-order valence-corrected chi connectivity index (χ2v) is 30.0. The molecule has 3 aromatic carbocycles. The molecule has 4 aliphatic heterocycles. The summed E-state index contributed by atoms with van der Waals surface area (Å²) in [6.07, 6.45) is -12.4. The smallest absolute Gasteiger partial charge is 0.472 e. The molecule has 7 heterocycles. The first-order valence-electron chi connectivity index (χ1n) is 31.8. The molecule has 0 bridgehead atoms. The summed E-state index contributed by atoms with van der Waals surface area (Å²) in [7, 11) is -2.40. The minimum atomic E-state index is -5.41. The van der Waals surface area contributed by atoms with Crippen LogP contribution in [-0.4, -0.2) is 168 Å². The average molecular weight is 1460 g/mol. The zero-order valence-electron chi connectivity index (χ0n) is 55.2. The molecule has 0 aliphatic carbocycles. The van der Waals surface area contributed by atoms with Gasteiger partial charge in [0.15, 0.2) is 41.8 Å². The van der Waals surface area contributed by atoms with E-state index in [2.05, 4.69) is 37.5 Å². The Morgan fingerprint density at radius 2 is 1.45 bits per heavy atom. The number of imidazole rings is 1. The van der Waals surface area contributed by atoms with Gasteiger partial charge < -0.3 is 44.1 Å². The third-order valence-electron chi connectivity index (χ3n) is 16.7. The predicted octanol–water partition coefficient (Wildman–Crippen LogP) is 7.22. The number of aromatic amines is 1. The molecule has 4 saturated heterocycles. The molecule has 540 valence electrons. The molecule has 10 rings (SSSR count). The maximum Gasteiger partial charge on any atom is 0.472 e. The molecule has 6 aromatic rings. The standard InChI is InChI=1S/C64H73F2N11O21P2S/c1-34(2)50(72-58(82)52(35(3)4)74(6)46(79)11-9-8-10-25-75-47(80)27-36(5)59(75)83)57(81)70-40-18-12-37(13-19-40)28-91-64(86)73-55-51-56(68-32-67-55)77(33-69-51)61-48(65)53-44(96-61)30-93-100(89,101-31-38-14-20-42(21-15-38)94-62(84)39-16-22-41(90-7)23-17-39)98-54-43(29-92-99(87,88)97-53)95-60(49(54)66)76-26-24-45(78)71-63(76)85/h12-24,26,32-35,43-44,48-50,52-54,60-61H,5,8-11,25,27-31H2,1-4,6-7H3,(H,70,81)(H,72,82)(H,87,88)(H,71,78,85)(H,67,68,73,86)/t43-,44-,48-,49-,50?,52?,53-,54-,60-,61-,100?/m1/s1. The summed E-state index contributed by atoms with van der Waals surface area (Å²) in [5, 5.41) is 8.08. The number of benzene rings is 3. The van der Waals surface area contributed by atoms with Gasteiger partial charge in [0.2, 0.25) is 23.6 Å². The summed E-state index contributed by atoms with van der Waals surface area (Å²) in [6.45, 7) is 3.86. The number of H-pyrrole nitrogens is 1. The van der Waals surface area contributed by atoms with Gasteiger partial charge in [-0.05, 0) is 95.7 Å². The summed E-state index contributed by atoms with van der Waals surface area (Å²) in [5.41, 5.74) is -0.455. The molecule has 32 nitrogen and oxygen atoms in total. The van der Waals surface area contributed by atoms with Gasteiger partial charge in [-0.1, -0.05) is 65.0 Å². The summed E-state index contributed by atoms with van der Waals surface area (Å²) >= 11 is 0.530. The minimum Gasteiger partial charge on any atom is -0.497 e. The molecular weight excluding hydrogens is 1390 g/mol. The highest BCUT2D eigenvalue weighted by molar-refractivity contribution is 8.54. The van der Waals surface area contributed by atoms with Crippen molar-refractivity contribution in [1.82, 2.24) is 44.2 Å². The molecule has 12 atom stereocenters. The number of likely N-dealkylation sites (N-methyl/N-ethyl adjacent to an activating group) is 1. The summed E-state index contributed by atoms with van der Waals surface area (Å²) in [4.78, 5) is 144. The van der Waals surface area contributed by atoms with Crippen molar-refractivity contribution in [3.63, 3.8) is 0 Å². The van der Waals surface area contributed by atoms with Gasteiger partial charge in [0, 0.05) is 49.3 Å². The number of carbonyl (C=O) groups excluding carboxylic acids is 7. The number of imide groups is 1. The molecule has 0 spiro atoms. The van der Waals surface area contributed by atoms with Crippen LogP contribution in [0.1, 0.15) is 93.7 Å². The lowest BCUT2D eigenvalue weighted by atomic mass is 9.98. The van der Waals surface area contributed by atoms with Crippen molar-refractivity contribution in [3.05, 3.63) is 147 Å². The van der Waals surface area contributed by atoms with Crippen molar-refractivity contribution in [2.24, 2.45) is 11.8 Å². The fraction of sp³-hybridized carbons (Fsp3) is 0.438. The quantitative estimate of drug-likeness (QED) is 0.00996. The van der Waals surface area contributed by atoms with E-state index in [4.69, 9.17) is 41.8 Å². The van der Waals surface area contributed by atoms with Gasteiger partial charge in [-0.2, -0.15) is 0 Å². The van der Waals surface area contributed by atoms with Gasteiger partial charge in [-0.3, -0.25) is 71.2 Å². The molecule has 101 heavy (non-hydrogen) atoms. The number of esters is 1. The number of halogens is 2. The van der Waals surface area contributed by atoms with E-state index in [9.17, 15) is 52.6 Å². The van der Waals surface area contributed by atoms with E-state index >= 15 is 13.3 Å². The van der Waals surface area contributed by atoms with Crippen LogP contribution in [-0.2, 0) is 77.8 Å². The Morgan fingerprint density at radius 3 is 2.09 bits per heavy atom. The number of phosphoric acid groups is 1. The van der Waals surface area contributed by atoms with Crippen LogP contribution in [0.2, 0.25) is 0 Å². The predicted molar refractivity (Wildman–Crippen MR) is 355 cm³/mol. The number of anilines is 2. The third kappa shape index (κ3) is 18.1. The number of fused-ring (bicyclic) bond motifs is 3. The van der Waals surface area contributed by atoms with Crippen molar-refractivity contribution >= 4 is 90.3 Å². The number of hydrogen-bond donors (Lipinski definition) is 5. The Bertz CT molecular complexity index is 4300. The molecule has 4 fully saturated rings. The van der Waals surface area contributed by atoms with E-state index in [1.165, 1.54) is 60.4 Å². The third-order valence-corrected chi connectivity index (χ3v) is 21.3. The van der Waals surface area contributed by atoms with Crippen LogP contribution in [0.25, 0.3) is 11.2 Å². The second-order valence-electron chi connectivity index (χ2n) is 24.5. The number of likely N-dealkylation sites (tertiary alicyclic amines) is 1. The number of alkyl halides is 2. The molecule has 4 unspecified atom stereocenters. The largest absolute Gasteiger partial charge is 0.497 e. The van der Waals surface area contributed by atoms with Crippen LogP contribution in [0.5, 0.6) is 11.5 Å². The lowest BCUT2D eigenvalue weighted by Gasteiger charge is -2.32. The van der Waals surface area contributed by atoms with Gasteiger partial charge >= 0.3 is 32.4 Å². The monoisotopic (exact) mass is 1460 g/mol. The zero-order valence-corrected chi connectivity index (χ0v) is 57.9. The highest BCUT2D eigenvalue weighted by Crippen LogP contribution is 2.65. The Labute approximate surface area is 579 Å². The molecular formula is C64H73F2N11O21P2S. The van der Waals surface area contributed by atoms with Gasteiger partial charge in [0.1, 0.15) is 60.9 Å². The lowest BCUT2D eigenvalue weighted by Crippen LogP contribution is -2.56. The van der Waals surface area contributed by atoms with E-state index < -0.39 is 124 Å². The Balaban J connectivity index is 0.762. The molecule has 4 aliphatic rings. The maximum atomic E-state index is 17.1. The fourth-order valence-corrected chi connectivity index (χ4v) is 15.7. The van der Waals surface area contributed by atoms with Crippen LogP contribution in [0.3, 0.4) is 0 Å². The highest BCUT2D eigenvalue weighted by Gasteiger charge is 2.55. The number of nitrogens with one attached hydrogen (secondary N) is 4. The number of hydrogen-bond acceptors (Lipinski definition) is 24. The average Bonchev–Trinajstić information content (AvgIpc) is 1.62. The number of aromatic nitrogens is 6. The summed E-state index contributed by atoms with van der Waals surface area (Å²) in [5.74, 6) is -3.18. The topological polar surface area (TPSA) is 398 Å². The molecule has 0 saturated carbocycles. The van der Waals surface area contributed by atoms with Crippen LogP contribution < -0.4 is 36.7 Å². The molecule has 0 radical (unpaired) electrons. The van der Waals surface area contributed by atoms with Crippen molar-refractivity contribution in [2.45, 2.75) is 133 Å². The van der Waals surface area contributed by atoms with Crippen molar-refractivity contribution < 1.29 is 98.1 Å². The molecule has 37 heteroatoms. The van der Waals surface area contributed by atoms with Crippen LogP contribution in [0, 0.1) is 11.8 Å². The van der Waals surface area contributed by atoms with Gasteiger partial charge in [-0.15, -0.1) is 0 Å². The SMILES string of the molecule is C=C1CC(=O)N(CCCCCC(=O)N(C)C(C(=O)NC(C(=O)Nc2ccc(COC(=O)Nc3ncnc4c3ncn4[C@@H]3O[C@@H]4COP(=O)(SCc5ccc(OC(=O)c6ccc(OC)cc6)cc5)O[C@H]5[C@@H](F)[C@H](n6ccc(=O)[nH]c6=O)O[C@@H]5COP(=O)(O)O[C@H]4[C@H]3F)cc2)C(C)C)C(C)C)C1=O. The first-order chi connectivity index (χ1) is 48.1. The maximum absolute atomic E-state index is 17.1. The van der Waals surface area contributed by atoms with Gasteiger partial charge in [-0.25, -0.2) is 47.2 Å². The summed E-state index contributed by atoms with van der Waals surface area (Å²) < 4.78 is 115. The number of phosphoric ester groups is 1. The van der Waals surface area contributed by atoms with E-state index in [1.807, 2.05) is 4.98 Å².